The predicted octanol–water partition coefficient (Wildman–Crippen LogP) is 3.30. The van der Waals surface area contributed by atoms with Crippen LogP contribution in [0.5, 0.6) is 5.75 Å². The second-order valence-electron chi connectivity index (χ2n) is 7.81. The largest absolute Gasteiger partial charge is 0.433 e. The lowest BCUT2D eigenvalue weighted by atomic mass is 10.2. The minimum Gasteiger partial charge on any atom is -0.433 e. The number of nitrogens with zero attached hydrogens (tertiary/aromatic N) is 2. The van der Waals surface area contributed by atoms with Crippen LogP contribution in [0, 0.1) is 0 Å². The van der Waals surface area contributed by atoms with Gasteiger partial charge in [0.1, 0.15) is 12.6 Å². The first-order valence-corrected chi connectivity index (χ1v) is 12.0. The highest BCUT2D eigenvalue weighted by molar-refractivity contribution is 7.18. The molecule has 0 bridgehead atoms. The Kier molecular flexibility index (Phi) is 10.1. The van der Waals surface area contributed by atoms with E-state index in [0.29, 0.717) is 4.34 Å². The molecule has 0 spiro atoms. The number of amides is 3. The number of ether oxygens (including phenoxy) is 2. The van der Waals surface area contributed by atoms with Gasteiger partial charge in [-0.05, 0) is 31.3 Å². The van der Waals surface area contributed by atoms with Crippen LogP contribution in [0.3, 0.4) is 0 Å². The Hall–Kier alpha value is -2.94. The summed E-state index contributed by atoms with van der Waals surface area (Å²) in [7, 11) is 1.28. The summed E-state index contributed by atoms with van der Waals surface area (Å²) in [4.78, 5) is 40.1. The van der Waals surface area contributed by atoms with Crippen molar-refractivity contribution in [3.05, 3.63) is 39.5 Å². The van der Waals surface area contributed by atoms with Gasteiger partial charge in [-0.15, -0.1) is 11.3 Å². The van der Waals surface area contributed by atoms with E-state index in [1.54, 1.807) is 0 Å². The van der Waals surface area contributed by atoms with Crippen molar-refractivity contribution >= 4 is 52.0 Å². The smallest absolute Gasteiger partial charge is 0.387 e. The van der Waals surface area contributed by atoms with Gasteiger partial charge in [0.2, 0.25) is 5.91 Å². The van der Waals surface area contributed by atoms with Crippen LogP contribution in [-0.2, 0) is 14.3 Å². The summed E-state index contributed by atoms with van der Waals surface area (Å²) in [6.07, 6.45) is -2.76. The minimum atomic E-state index is -3.22. The van der Waals surface area contributed by atoms with Gasteiger partial charge in [-0.1, -0.05) is 11.6 Å². The van der Waals surface area contributed by atoms with Crippen LogP contribution in [0.25, 0.3) is 0 Å². The SMILES string of the molecule is CN(CC(F)F)[C@@H](CNC(=O)c1ccc(Cl)s1)C(=O)Nc1ccc(N2CCOCC2=O)c(OC(F)F)c1. The molecule has 2 aromatic rings. The highest BCUT2D eigenvalue weighted by Gasteiger charge is 2.28. The third-order valence-electron chi connectivity index (χ3n) is 5.23. The zero-order valence-electron chi connectivity index (χ0n) is 19.4. The second-order valence-corrected chi connectivity index (χ2v) is 9.52. The van der Waals surface area contributed by atoms with Crippen molar-refractivity contribution in [3.63, 3.8) is 0 Å². The summed E-state index contributed by atoms with van der Waals surface area (Å²) < 4.78 is 62.2. The summed E-state index contributed by atoms with van der Waals surface area (Å²) in [5.41, 5.74) is 0.0664. The fraction of sp³-hybridized carbons (Fsp3) is 0.409. The zero-order valence-corrected chi connectivity index (χ0v) is 21.0. The second kappa shape index (κ2) is 13.0. The van der Waals surface area contributed by atoms with Crippen molar-refractivity contribution in [2.75, 3.05) is 50.1 Å². The molecular formula is C22H23ClF4N4O5S. The van der Waals surface area contributed by atoms with Gasteiger partial charge in [0.25, 0.3) is 18.2 Å². The molecule has 1 aromatic heterocycles. The summed E-state index contributed by atoms with van der Waals surface area (Å²) in [6, 6.07) is 5.51. The molecule has 9 nitrogen and oxygen atoms in total. The summed E-state index contributed by atoms with van der Waals surface area (Å²) in [5, 5.41) is 4.98. The van der Waals surface area contributed by atoms with Crippen molar-refractivity contribution in [1.82, 2.24) is 10.2 Å². The van der Waals surface area contributed by atoms with Crippen LogP contribution in [0.2, 0.25) is 4.34 Å². The van der Waals surface area contributed by atoms with Gasteiger partial charge in [-0.2, -0.15) is 8.78 Å². The van der Waals surface area contributed by atoms with Gasteiger partial charge >= 0.3 is 6.61 Å². The molecule has 2 N–H and O–H groups in total. The molecule has 1 saturated heterocycles. The molecule has 202 valence electrons. The molecule has 1 aliphatic rings. The fourth-order valence-electron chi connectivity index (χ4n) is 3.51. The number of halogens is 5. The van der Waals surface area contributed by atoms with Gasteiger partial charge in [-0.3, -0.25) is 19.3 Å². The van der Waals surface area contributed by atoms with Gasteiger partial charge in [-0.25, -0.2) is 8.78 Å². The van der Waals surface area contributed by atoms with E-state index in [0.717, 1.165) is 22.3 Å². The van der Waals surface area contributed by atoms with E-state index in [9.17, 15) is 31.9 Å². The van der Waals surface area contributed by atoms with E-state index in [-0.39, 0.29) is 48.3 Å². The van der Waals surface area contributed by atoms with Gasteiger partial charge < -0.3 is 25.0 Å². The highest BCUT2D eigenvalue weighted by atomic mass is 35.5. The number of morpholine rings is 1. The summed E-state index contributed by atoms with van der Waals surface area (Å²) >= 11 is 6.83. The monoisotopic (exact) mass is 566 g/mol. The Morgan fingerprint density at radius 3 is 2.62 bits per heavy atom. The van der Waals surface area contributed by atoms with Crippen LogP contribution < -0.4 is 20.3 Å². The Bertz CT molecular complexity index is 1120. The number of carbonyl (C=O) groups is 3. The molecule has 3 amide bonds. The van der Waals surface area contributed by atoms with Gasteiger partial charge in [0.15, 0.2) is 5.75 Å². The maximum Gasteiger partial charge on any atom is 0.387 e. The number of carbonyl (C=O) groups excluding carboxylic acids is 3. The summed E-state index contributed by atoms with van der Waals surface area (Å²) in [6.45, 7) is -4.24. The number of likely N-dealkylation sites (N-methyl/N-ethyl adjacent to an activating group) is 1. The number of hydrogen-bond donors (Lipinski definition) is 2. The topological polar surface area (TPSA) is 100 Å². The third-order valence-corrected chi connectivity index (χ3v) is 6.46. The number of alkyl halides is 4. The maximum atomic E-state index is 13.1. The molecule has 3 rings (SSSR count). The number of benzene rings is 1. The van der Waals surface area contributed by atoms with Crippen molar-refractivity contribution < 1.29 is 41.4 Å². The molecule has 0 unspecified atom stereocenters. The van der Waals surface area contributed by atoms with E-state index in [1.165, 1.54) is 36.2 Å². The molecule has 37 heavy (non-hydrogen) atoms. The first kappa shape index (κ1) is 28.6. The lowest BCUT2D eigenvalue weighted by Crippen LogP contribution is -2.50. The molecular weight excluding hydrogens is 544 g/mol. The van der Waals surface area contributed by atoms with Crippen molar-refractivity contribution in [1.29, 1.82) is 0 Å². The molecule has 0 saturated carbocycles. The predicted molar refractivity (Wildman–Crippen MR) is 129 cm³/mol. The number of rotatable bonds is 11. The molecule has 0 aliphatic carbocycles. The quantitative estimate of drug-likeness (QED) is 0.405. The van der Waals surface area contributed by atoms with E-state index in [1.807, 2.05) is 0 Å². The number of hydrogen-bond acceptors (Lipinski definition) is 7. The van der Waals surface area contributed by atoms with Crippen LogP contribution >= 0.6 is 22.9 Å². The van der Waals surface area contributed by atoms with Crippen molar-refractivity contribution in [2.45, 2.75) is 19.1 Å². The number of thiophene rings is 1. The van der Waals surface area contributed by atoms with E-state index < -0.39 is 43.3 Å². The third kappa shape index (κ3) is 8.02. The lowest BCUT2D eigenvalue weighted by molar-refractivity contribution is -0.126. The Morgan fingerprint density at radius 2 is 2.00 bits per heavy atom. The van der Waals surface area contributed by atoms with Crippen molar-refractivity contribution in [3.8, 4) is 5.75 Å². The van der Waals surface area contributed by atoms with E-state index >= 15 is 0 Å². The van der Waals surface area contributed by atoms with Crippen LogP contribution in [-0.4, -0.2) is 81.6 Å². The first-order valence-electron chi connectivity index (χ1n) is 10.8. The van der Waals surface area contributed by atoms with Crippen molar-refractivity contribution in [2.24, 2.45) is 0 Å². The average molecular weight is 567 g/mol. The Morgan fingerprint density at radius 1 is 1.24 bits per heavy atom. The zero-order chi connectivity index (χ0) is 27.1. The Balaban J connectivity index is 1.78. The number of nitrogens with one attached hydrogen (secondary N) is 2. The van der Waals surface area contributed by atoms with Gasteiger partial charge in [0.05, 0.1) is 28.1 Å². The fourth-order valence-corrected chi connectivity index (χ4v) is 4.47. The lowest BCUT2D eigenvalue weighted by Gasteiger charge is -2.29. The highest BCUT2D eigenvalue weighted by Crippen LogP contribution is 2.33. The molecule has 1 aromatic carbocycles. The molecule has 15 heteroatoms. The summed E-state index contributed by atoms with van der Waals surface area (Å²) in [5.74, 6) is -2.17. The normalized spacial score (nSPS) is 14.8. The molecule has 1 fully saturated rings. The number of anilines is 2. The molecule has 0 radical (unpaired) electrons. The van der Waals surface area contributed by atoms with E-state index in [2.05, 4.69) is 15.4 Å². The van der Waals surface area contributed by atoms with Crippen LogP contribution in [0.4, 0.5) is 28.9 Å². The molecule has 1 aliphatic heterocycles. The first-order chi connectivity index (χ1) is 17.5. The van der Waals surface area contributed by atoms with E-state index in [4.69, 9.17) is 16.3 Å². The average Bonchev–Trinajstić information content (AvgIpc) is 3.25. The van der Waals surface area contributed by atoms with Gasteiger partial charge in [0, 0.05) is 24.8 Å². The molecule has 1 atom stereocenters. The standard InChI is InChI=1S/C22H23ClF4N4O5S/c1-30(10-18(24)25)14(9-28-21(34)16-4-5-17(23)37-16)20(33)29-12-2-3-13(15(8-12)36-22(26)27)31-6-7-35-11-19(31)32/h2-5,8,14,18,22H,6-7,9-11H2,1H3,(H,28,34)(H,29,33)/t14-/m0/s1. The van der Waals surface area contributed by atoms with Crippen LogP contribution in [0.1, 0.15) is 9.67 Å². The minimum absolute atomic E-state index is 0.0110. The molecule has 2 heterocycles. The van der Waals surface area contributed by atoms with Crippen LogP contribution in [0.15, 0.2) is 30.3 Å². The maximum absolute atomic E-state index is 13.1. The Labute approximate surface area is 218 Å².